The second kappa shape index (κ2) is 8.80. The van der Waals surface area contributed by atoms with Gasteiger partial charge in [-0.25, -0.2) is 9.59 Å². The number of esters is 2. The van der Waals surface area contributed by atoms with Crippen LogP contribution in [0, 0.1) is 0 Å². The molecule has 0 fully saturated rings. The molecule has 6 nitrogen and oxygen atoms in total. The topological polar surface area (TPSA) is 71.1 Å². The van der Waals surface area contributed by atoms with Crippen LogP contribution in [0.2, 0.25) is 0 Å². The monoisotopic (exact) mass is 406 g/mol. The lowest BCUT2D eigenvalue weighted by atomic mass is 9.99. The van der Waals surface area contributed by atoms with E-state index in [4.69, 9.17) is 18.9 Å². The van der Waals surface area contributed by atoms with Gasteiger partial charge in [-0.2, -0.15) is 0 Å². The van der Waals surface area contributed by atoms with Gasteiger partial charge in [0.25, 0.3) is 0 Å². The molecule has 1 aliphatic heterocycles. The quantitative estimate of drug-likeness (QED) is 0.398. The molecule has 30 heavy (non-hydrogen) atoms. The van der Waals surface area contributed by atoms with E-state index in [-0.39, 0.29) is 0 Å². The molecule has 154 valence electrons. The van der Waals surface area contributed by atoms with Crippen LogP contribution in [-0.4, -0.2) is 25.3 Å². The highest BCUT2D eigenvalue weighted by Gasteiger charge is 2.24. The Morgan fingerprint density at radius 3 is 2.03 bits per heavy atom. The third-order valence-corrected chi connectivity index (χ3v) is 4.30. The van der Waals surface area contributed by atoms with E-state index in [1.54, 1.807) is 44.2 Å². The van der Waals surface area contributed by atoms with Crippen LogP contribution in [0.25, 0.3) is 11.6 Å². The summed E-state index contributed by atoms with van der Waals surface area (Å²) in [6, 6.07) is 12.1. The molecule has 0 N–H and O–H groups in total. The summed E-state index contributed by atoms with van der Waals surface area (Å²) >= 11 is 0. The Labute approximate surface area is 175 Å². The van der Waals surface area contributed by atoms with Gasteiger partial charge >= 0.3 is 11.9 Å². The number of methoxy groups -OCH3 is 1. The van der Waals surface area contributed by atoms with Gasteiger partial charge in [0.05, 0.1) is 0 Å². The lowest BCUT2D eigenvalue weighted by Crippen LogP contribution is -2.23. The second-order valence-electron chi connectivity index (χ2n) is 6.85. The van der Waals surface area contributed by atoms with Gasteiger partial charge in [-0.1, -0.05) is 25.3 Å². The molecule has 1 unspecified atom stereocenters. The first-order valence-corrected chi connectivity index (χ1v) is 9.19. The van der Waals surface area contributed by atoms with Gasteiger partial charge < -0.3 is 18.9 Å². The van der Waals surface area contributed by atoms with Crippen molar-refractivity contribution < 1.29 is 28.5 Å². The first-order valence-electron chi connectivity index (χ1n) is 9.19. The van der Waals surface area contributed by atoms with E-state index in [0.717, 1.165) is 16.7 Å². The minimum absolute atomic E-state index is 0.308. The van der Waals surface area contributed by atoms with Crippen molar-refractivity contribution in [1.82, 2.24) is 0 Å². The Hall–Kier alpha value is -3.64. The molecule has 0 bridgehead atoms. The summed E-state index contributed by atoms with van der Waals surface area (Å²) in [5.41, 5.74) is 3.09. The molecule has 1 heterocycles. The lowest BCUT2D eigenvalue weighted by molar-refractivity contribution is -0.130. The molecule has 3 rings (SSSR count). The molecular formula is C24H22O6. The highest BCUT2D eigenvalue weighted by molar-refractivity contribution is 5.90. The van der Waals surface area contributed by atoms with Crippen molar-refractivity contribution in [3.05, 3.63) is 77.9 Å². The molecule has 0 saturated heterocycles. The van der Waals surface area contributed by atoms with E-state index in [1.165, 1.54) is 7.11 Å². The Morgan fingerprint density at radius 2 is 1.47 bits per heavy atom. The number of ether oxygens (including phenoxy) is 4. The van der Waals surface area contributed by atoms with Crippen LogP contribution in [0.4, 0.5) is 0 Å². The van der Waals surface area contributed by atoms with Crippen LogP contribution in [0.5, 0.6) is 17.2 Å². The average molecular weight is 406 g/mol. The summed E-state index contributed by atoms with van der Waals surface area (Å²) in [6.07, 6.45) is 1.28. The largest absolute Gasteiger partial charge is 0.460 e. The first kappa shape index (κ1) is 21.1. The summed E-state index contributed by atoms with van der Waals surface area (Å²) in [6.45, 7) is 10.3. The normalized spacial score (nSPS) is 14.6. The van der Waals surface area contributed by atoms with Crippen LogP contribution >= 0.6 is 0 Å². The van der Waals surface area contributed by atoms with Crippen LogP contribution in [0.3, 0.4) is 0 Å². The van der Waals surface area contributed by atoms with Crippen LogP contribution in [0.1, 0.15) is 25.0 Å². The van der Waals surface area contributed by atoms with Crippen molar-refractivity contribution in [3.8, 4) is 17.2 Å². The van der Waals surface area contributed by atoms with Gasteiger partial charge in [0.2, 0.25) is 6.29 Å². The van der Waals surface area contributed by atoms with Crippen molar-refractivity contribution in [2.24, 2.45) is 0 Å². The predicted octanol–water partition coefficient (Wildman–Crippen LogP) is 4.56. The Kier molecular flexibility index (Phi) is 6.18. The molecule has 0 amide bonds. The molecule has 6 heteroatoms. The third kappa shape index (κ3) is 4.67. The fourth-order valence-electron chi connectivity index (χ4n) is 2.71. The minimum Gasteiger partial charge on any atom is -0.460 e. The third-order valence-electron chi connectivity index (χ3n) is 4.30. The summed E-state index contributed by atoms with van der Waals surface area (Å²) < 4.78 is 21.9. The first-order chi connectivity index (χ1) is 14.3. The number of carbonyl (C=O) groups excluding carboxylic acids is 2. The summed E-state index contributed by atoms with van der Waals surface area (Å²) in [7, 11) is 1.54. The van der Waals surface area contributed by atoms with Crippen molar-refractivity contribution >= 4 is 23.6 Å². The molecule has 0 saturated carbocycles. The van der Waals surface area contributed by atoms with Gasteiger partial charge in [0.1, 0.15) is 17.2 Å². The molecule has 1 atom stereocenters. The smallest absolute Gasteiger partial charge is 0.338 e. The number of carbonyl (C=O) groups is 2. The zero-order chi connectivity index (χ0) is 21.8. The minimum atomic E-state index is -0.659. The predicted molar refractivity (Wildman–Crippen MR) is 113 cm³/mol. The molecule has 0 radical (unpaired) electrons. The van der Waals surface area contributed by atoms with E-state index < -0.39 is 18.2 Å². The Balaban J connectivity index is 1.86. The average Bonchev–Trinajstić information content (AvgIpc) is 2.73. The molecular weight excluding hydrogens is 384 g/mol. The fourth-order valence-corrected chi connectivity index (χ4v) is 2.71. The van der Waals surface area contributed by atoms with Crippen molar-refractivity contribution in [2.45, 2.75) is 20.1 Å². The van der Waals surface area contributed by atoms with Crippen molar-refractivity contribution in [3.63, 3.8) is 0 Å². The van der Waals surface area contributed by atoms with E-state index >= 15 is 0 Å². The van der Waals surface area contributed by atoms with E-state index in [9.17, 15) is 9.59 Å². The number of rotatable bonds is 6. The number of hydrogen-bond donors (Lipinski definition) is 0. The van der Waals surface area contributed by atoms with E-state index in [0.29, 0.717) is 28.4 Å². The molecule has 0 aromatic heterocycles. The van der Waals surface area contributed by atoms with Crippen LogP contribution in [0.15, 0.2) is 66.8 Å². The van der Waals surface area contributed by atoms with Gasteiger partial charge in [0.15, 0.2) is 0 Å². The zero-order valence-corrected chi connectivity index (χ0v) is 17.1. The molecule has 2 aromatic rings. The molecule has 0 aliphatic carbocycles. The fraction of sp³-hybridized carbons (Fsp3) is 0.167. The maximum Gasteiger partial charge on any atom is 0.338 e. The van der Waals surface area contributed by atoms with Gasteiger partial charge in [0, 0.05) is 35.5 Å². The molecule has 1 aliphatic rings. The van der Waals surface area contributed by atoms with Crippen LogP contribution < -0.4 is 14.2 Å². The van der Waals surface area contributed by atoms with Crippen molar-refractivity contribution in [2.75, 3.05) is 7.11 Å². The number of benzene rings is 2. The van der Waals surface area contributed by atoms with Crippen molar-refractivity contribution in [1.29, 1.82) is 0 Å². The maximum atomic E-state index is 11.7. The maximum absolute atomic E-state index is 11.7. The van der Waals surface area contributed by atoms with Gasteiger partial charge in [-0.05, 0) is 49.8 Å². The standard InChI is InChI=1S/C24H22O6/c1-14(2)22(25)28-18-9-6-16(7-10-18)20-12-17-8-11-19(29-23(26)15(3)4)13-21(17)30-24(20)27-5/h6-13,24H,1,3H2,2,4-5H3. The summed E-state index contributed by atoms with van der Waals surface area (Å²) in [5, 5.41) is 0. The molecule has 2 aromatic carbocycles. The van der Waals surface area contributed by atoms with Gasteiger partial charge in [-0.3, -0.25) is 0 Å². The second-order valence-corrected chi connectivity index (χ2v) is 6.85. The SMILES string of the molecule is C=C(C)C(=O)Oc1ccc(C2=Cc3ccc(OC(=O)C(=C)C)cc3OC2OC)cc1. The number of fused-ring (bicyclic) bond motifs is 1. The zero-order valence-electron chi connectivity index (χ0n) is 17.1. The van der Waals surface area contributed by atoms with Gasteiger partial charge in [-0.15, -0.1) is 0 Å². The Bertz CT molecular complexity index is 1050. The summed E-state index contributed by atoms with van der Waals surface area (Å²) in [4.78, 5) is 23.4. The van der Waals surface area contributed by atoms with E-state index in [1.807, 2.05) is 18.2 Å². The van der Waals surface area contributed by atoms with E-state index in [2.05, 4.69) is 13.2 Å². The highest BCUT2D eigenvalue weighted by Crippen LogP contribution is 2.37. The Morgan fingerprint density at radius 1 is 0.900 bits per heavy atom. The number of hydrogen-bond acceptors (Lipinski definition) is 6. The highest BCUT2D eigenvalue weighted by atomic mass is 16.7. The van der Waals surface area contributed by atoms with Crippen LogP contribution in [-0.2, 0) is 14.3 Å². The lowest BCUT2D eigenvalue weighted by Gasteiger charge is -2.26. The molecule has 0 spiro atoms. The summed E-state index contributed by atoms with van der Waals surface area (Å²) in [5.74, 6) is 0.330.